The first-order valence-electron chi connectivity index (χ1n) is 10.5. The van der Waals surface area contributed by atoms with Crippen LogP contribution in [0.1, 0.15) is 58.1 Å². The fraction of sp³-hybridized carbons (Fsp3) is 0.455. The Morgan fingerprint density at radius 2 is 2.23 bits per heavy atom. The number of rotatable bonds is 5. The van der Waals surface area contributed by atoms with Crippen LogP contribution in [0.2, 0.25) is 0 Å². The van der Waals surface area contributed by atoms with Crippen molar-refractivity contribution in [1.29, 1.82) is 0 Å². The lowest BCUT2D eigenvalue weighted by atomic mass is 10.1. The van der Waals surface area contributed by atoms with E-state index in [1.54, 1.807) is 6.20 Å². The highest BCUT2D eigenvalue weighted by Gasteiger charge is 2.31. The first-order valence-corrected chi connectivity index (χ1v) is 11.4. The van der Waals surface area contributed by atoms with Gasteiger partial charge in [0.25, 0.3) is 0 Å². The molecule has 8 nitrogen and oxygen atoms in total. The lowest BCUT2D eigenvalue weighted by Crippen LogP contribution is -2.22. The highest BCUT2D eigenvalue weighted by atomic mass is 32.1. The number of aryl methyl sites for hydroxylation is 1. The Bertz CT molecular complexity index is 1100. The van der Waals surface area contributed by atoms with Gasteiger partial charge in [0.2, 0.25) is 5.78 Å². The van der Waals surface area contributed by atoms with Crippen LogP contribution in [0.25, 0.3) is 0 Å². The molecule has 1 saturated carbocycles. The van der Waals surface area contributed by atoms with E-state index < -0.39 is 0 Å². The van der Waals surface area contributed by atoms with Crippen molar-refractivity contribution in [3.8, 4) is 0 Å². The van der Waals surface area contributed by atoms with E-state index in [1.807, 2.05) is 36.0 Å². The predicted octanol–water partition coefficient (Wildman–Crippen LogP) is 2.96. The van der Waals surface area contributed by atoms with Gasteiger partial charge in [0, 0.05) is 12.2 Å². The number of hydrogen-bond acceptors (Lipinski definition) is 8. The number of hydrogen-bond donors (Lipinski definition) is 2. The van der Waals surface area contributed by atoms with E-state index in [0.717, 1.165) is 29.9 Å². The number of fused-ring (bicyclic) bond motifs is 1. The summed E-state index contributed by atoms with van der Waals surface area (Å²) >= 11 is 1.40. The molecule has 4 heterocycles. The van der Waals surface area contributed by atoms with Gasteiger partial charge in [-0.3, -0.25) is 9.48 Å². The van der Waals surface area contributed by atoms with E-state index in [4.69, 9.17) is 4.74 Å². The van der Waals surface area contributed by atoms with Crippen molar-refractivity contribution >= 4 is 22.9 Å². The van der Waals surface area contributed by atoms with Gasteiger partial charge in [0.05, 0.1) is 41.1 Å². The van der Waals surface area contributed by atoms with Crippen LogP contribution in [0.15, 0.2) is 30.0 Å². The number of ether oxygens (including phenoxy) is 1. The monoisotopic (exact) mass is 439 g/mol. The van der Waals surface area contributed by atoms with Gasteiger partial charge < -0.3 is 15.2 Å². The number of carbonyl (C=O) groups excluding carboxylic acids is 1. The Hall–Kier alpha value is -2.62. The zero-order valence-corrected chi connectivity index (χ0v) is 18.3. The van der Waals surface area contributed by atoms with Crippen molar-refractivity contribution in [1.82, 2.24) is 19.7 Å². The number of thiophene rings is 1. The van der Waals surface area contributed by atoms with Crippen molar-refractivity contribution in [2.75, 3.05) is 11.9 Å². The highest BCUT2D eigenvalue weighted by Crippen LogP contribution is 2.34. The topological polar surface area (TPSA) is 102 Å². The number of nitrogens with zero attached hydrogens (tertiary/aromatic N) is 4. The second kappa shape index (κ2) is 8.14. The summed E-state index contributed by atoms with van der Waals surface area (Å²) < 4.78 is 7.99. The summed E-state index contributed by atoms with van der Waals surface area (Å²) in [6, 6.07) is 4.02. The van der Waals surface area contributed by atoms with Crippen molar-refractivity contribution in [2.24, 2.45) is 5.92 Å². The zero-order valence-electron chi connectivity index (χ0n) is 17.5. The van der Waals surface area contributed by atoms with Gasteiger partial charge in [0.15, 0.2) is 0 Å². The minimum Gasteiger partial charge on any atom is -0.393 e. The van der Waals surface area contributed by atoms with Crippen molar-refractivity contribution < 1.29 is 14.6 Å². The molecule has 9 heteroatoms. The maximum atomic E-state index is 13.3. The molecule has 0 saturated heterocycles. The average molecular weight is 440 g/mol. The van der Waals surface area contributed by atoms with Crippen LogP contribution < -0.4 is 5.32 Å². The van der Waals surface area contributed by atoms with Crippen LogP contribution in [0.4, 0.5) is 5.82 Å². The van der Waals surface area contributed by atoms with Crippen molar-refractivity contribution in [2.45, 2.75) is 51.5 Å². The minimum atomic E-state index is -0.328. The van der Waals surface area contributed by atoms with Crippen LogP contribution in [0.3, 0.4) is 0 Å². The summed E-state index contributed by atoms with van der Waals surface area (Å²) in [5.74, 6) is 0.626. The van der Waals surface area contributed by atoms with E-state index >= 15 is 0 Å². The van der Waals surface area contributed by atoms with Gasteiger partial charge in [0.1, 0.15) is 18.2 Å². The van der Waals surface area contributed by atoms with E-state index in [0.29, 0.717) is 29.3 Å². The molecule has 0 aromatic carbocycles. The summed E-state index contributed by atoms with van der Waals surface area (Å²) in [5, 5.41) is 19.9. The first kappa shape index (κ1) is 20.3. The van der Waals surface area contributed by atoms with E-state index in [2.05, 4.69) is 20.4 Å². The van der Waals surface area contributed by atoms with Gasteiger partial charge in [-0.05, 0) is 48.8 Å². The smallest absolute Gasteiger partial charge is 0.208 e. The normalized spacial score (nSPS) is 25.4. The van der Waals surface area contributed by atoms with Crippen LogP contribution in [-0.4, -0.2) is 49.4 Å². The van der Waals surface area contributed by atoms with Gasteiger partial charge in [-0.2, -0.15) is 5.10 Å². The molecule has 2 N–H and O–H groups in total. The van der Waals surface area contributed by atoms with Crippen LogP contribution >= 0.6 is 11.3 Å². The molecule has 1 aliphatic heterocycles. The van der Waals surface area contributed by atoms with E-state index in [1.165, 1.54) is 17.7 Å². The summed E-state index contributed by atoms with van der Waals surface area (Å²) in [7, 11) is 0. The molecule has 0 amide bonds. The van der Waals surface area contributed by atoms with Crippen LogP contribution in [0.5, 0.6) is 0 Å². The zero-order chi connectivity index (χ0) is 21.5. The second-order valence-electron chi connectivity index (χ2n) is 8.40. The molecule has 1 aliphatic carbocycles. The van der Waals surface area contributed by atoms with Crippen molar-refractivity contribution in [3.63, 3.8) is 0 Å². The van der Waals surface area contributed by atoms with E-state index in [-0.39, 0.29) is 30.0 Å². The molecule has 2 aliphatic rings. The maximum absolute atomic E-state index is 13.3. The number of nitrogens with one attached hydrogen (secondary N) is 1. The van der Waals surface area contributed by atoms with Gasteiger partial charge in [-0.1, -0.05) is 6.92 Å². The number of aliphatic hydroxyl groups is 1. The number of carbonyl (C=O) groups is 1. The molecule has 3 aromatic rings. The fourth-order valence-electron chi connectivity index (χ4n) is 4.45. The molecule has 3 aromatic heterocycles. The summed E-state index contributed by atoms with van der Waals surface area (Å²) in [4.78, 5) is 22.3. The van der Waals surface area contributed by atoms with Crippen LogP contribution in [-0.2, 0) is 11.3 Å². The second-order valence-corrected chi connectivity index (χ2v) is 9.31. The SMILES string of the molecule is Cc1cc2n(n1)CCO[C@@H]2c1csc(C(=O)c2cncnc2N[C@@H]2C[C@@H](C)[C@H](O)C2)c1. The Labute approximate surface area is 184 Å². The third-order valence-electron chi connectivity index (χ3n) is 6.07. The largest absolute Gasteiger partial charge is 0.393 e. The predicted molar refractivity (Wildman–Crippen MR) is 116 cm³/mol. The third-order valence-corrected chi connectivity index (χ3v) is 7.02. The lowest BCUT2D eigenvalue weighted by Gasteiger charge is -2.23. The lowest BCUT2D eigenvalue weighted by molar-refractivity contribution is 0.0424. The summed E-state index contributed by atoms with van der Waals surface area (Å²) in [6.07, 6.45) is 3.93. The molecular weight excluding hydrogens is 414 g/mol. The Kier molecular flexibility index (Phi) is 5.33. The summed E-state index contributed by atoms with van der Waals surface area (Å²) in [6.45, 7) is 5.33. The first-order chi connectivity index (χ1) is 15.0. The summed E-state index contributed by atoms with van der Waals surface area (Å²) in [5.41, 5.74) is 3.36. The molecule has 0 radical (unpaired) electrons. The number of aromatic nitrogens is 4. The van der Waals surface area contributed by atoms with Crippen LogP contribution in [0, 0.1) is 12.8 Å². The molecule has 5 rings (SSSR count). The molecule has 0 spiro atoms. The minimum absolute atomic E-state index is 0.0875. The third kappa shape index (κ3) is 3.88. The van der Waals surface area contributed by atoms with Gasteiger partial charge in [-0.15, -0.1) is 11.3 Å². The van der Waals surface area contributed by atoms with Gasteiger partial charge in [-0.25, -0.2) is 9.97 Å². The molecular formula is C22H25N5O3S. The maximum Gasteiger partial charge on any atom is 0.208 e. The average Bonchev–Trinajstić information content (AvgIpc) is 3.46. The number of aliphatic hydroxyl groups excluding tert-OH is 1. The van der Waals surface area contributed by atoms with Gasteiger partial charge >= 0.3 is 0 Å². The number of ketones is 1. The highest BCUT2D eigenvalue weighted by molar-refractivity contribution is 7.12. The van der Waals surface area contributed by atoms with Crippen molar-refractivity contribution in [3.05, 3.63) is 57.4 Å². The molecule has 162 valence electrons. The molecule has 31 heavy (non-hydrogen) atoms. The number of anilines is 1. The fourth-order valence-corrected chi connectivity index (χ4v) is 5.33. The Balaban J connectivity index is 1.38. The quantitative estimate of drug-likeness (QED) is 0.589. The molecule has 0 bridgehead atoms. The Morgan fingerprint density at radius 3 is 3.03 bits per heavy atom. The van der Waals surface area contributed by atoms with E-state index in [9.17, 15) is 9.90 Å². The standard InChI is InChI=1S/C22H25N5O3S/c1-12-5-15(8-18(12)28)25-22-16(9-23-11-24-22)20(29)19-7-14(10-31-19)21-17-6-13(2)26-27(17)3-4-30-21/h6-7,9-12,15,18,21,28H,3-5,8H2,1-2H3,(H,23,24,25)/t12-,15-,18-,21-/m1/s1. The molecule has 4 atom stereocenters. The molecule has 1 fully saturated rings. The molecule has 0 unspecified atom stereocenters. The Morgan fingerprint density at radius 1 is 1.35 bits per heavy atom.